The zero-order valence-electron chi connectivity index (χ0n) is 9.64. The summed E-state index contributed by atoms with van der Waals surface area (Å²) in [5.41, 5.74) is 2.70. The molecular formula is C14H15NO2. The van der Waals surface area contributed by atoms with E-state index in [9.17, 15) is 10.2 Å². The first-order valence-electron chi connectivity index (χ1n) is 5.46. The van der Waals surface area contributed by atoms with Gasteiger partial charge in [0, 0.05) is 18.3 Å². The Labute approximate surface area is 100 Å². The highest BCUT2D eigenvalue weighted by Crippen LogP contribution is 2.21. The largest absolute Gasteiger partial charge is 0.508 e. The second kappa shape index (κ2) is 4.78. The lowest BCUT2D eigenvalue weighted by molar-refractivity contribution is 0.471. The van der Waals surface area contributed by atoms with Crippen molar-refractivity contribution in [2.24, 2.45) is 0 Å². The molecule has 0 aromatic heterocycles. The smallest absolute Gasteiger partial charge is 0.120 e. The predicted molar refractivity (Wildman–Crippen MR) is 68.3 cm³/mol. The van der Waals surface area contributed by atoms with Gasteiger partial charge in [0.15, 0.2) is 0 Å². The Morgan fingerprint density at radius 1 is 1.06 bits per heavy atom. The highest BCUT2D eigenvalue weighted by atomic mass is 16.3. The van der Waals surface area contributed by atoms with Gasteiger partial charge in [0.25, 0.3) is 0 Å². The normalized spacial score (nSPS) is 10.2. The maximum atomic E-state index is 9.56. The maximum absolute atomic E-state index is 9.56. The van der Waals surface area contributed by atoms with Gasteiger partial charge in [-0.3, -0.25) is 0 Å². The zero-order chi connectivity index (χ0) is 12.3. The van der Waals surface area contributed by atoms with Crippen LogP contribution in [0.15, 0.2) is 42.5 Å². The third-order valence-electron chi connectivity index (χ3n) is 2.62. The molecule has 2 rings (SSSR count). The Kier molecular flexibility index (Phi) is 3.19. The number of phenolic OH excluding ortho intramolecular Hbond substituents is 2. The molecule has 0 aliphatic heterocycles. The predicted octanol–water partition coefficient (Wildman–Crippen LogP) is 3.02. The molecule has 3 nitrogen and oxygen atoms in total. The number of aromatic hydroxyl groups is 2. The molecule has 0 spiro atoms. The molecule has 2 aromatic rings. The van der Waals surface area contributed by atoms with Crippen LogP contribution < -0.4 is 5.32 Å². The second-order valence-electron chi connectivity index (χ2n) is 4.02. The molecule has 0 unspecified atom stereocenters. The minimum absolute atomic E-state index is 0.260. The molecule has 0 fully saturated rings. The van der Waals surface area contributed by atoms with Gasteiger partial charge in [-0.25, -0.2) is 0 Å². The number of phenols is 2. The summed E-state index contributed by atoms with van der Waals surface area (Å²) in [5, 5.41) is 22.1. The number of hydrogen-bond donors (Lipinski definition) is 3. The van der Waals surface area contributed by atoms with Gasteiger partial charge in [-0.05, 0) is 36.2 Å². The van der Waals surface area contributed by atoms with Gasteiger partial charge >= 0.3 is 0 Å². The molecule has 0 radical (unpaired) electrons. The third kappa shape index (κ3) is 2.91. The summed E-state index contributed by atoms with van der Waals surface area (Å²) in [7, 11) is 0. The Morgan fingerprint density at radius 3 is 2.59 bits per heavy atom. The van der Waals surface area contributed by atoms with Crippen molar-refractivity contribution in [2.45, 2.75) is 13.5 Å². The van der Waals surface area contributed by atoms with E-state index in [-0.39, 0.29) is 11.5 Å². The van der Waals surface area contributed by atoms with Crippen LogP contribution in [0, 0.1) is 6.92 Å². The van der Waals surface area contributed by atoms with Crippen molar-refractivity contribution in [3.63, 3.8) is 0 Å². The molecule has 17 heavy (non-hydrogen) atoms. The van der Waals surface area contributed by atoms with Gasteiger partial charge in [0.2, 0.25) is 0 Å². The molecule has 3 heteroatoms. The van der Waals surface area contributed by atoms with Crippen LogP contribution in [-0.2, 0) is 6.54 Å². The van der Waals surface area contributed by atoms with E-state index >= 15 is 0 Å². The Balaban J connectivity index is 2.05. The Morgan fingerprint density at radius 2 is 1.88 bits per heavy atom. The fourth-order valence-corrected chi connectivity index (χ4v) is 1.59. The molecule has 0 aliphatic carbocycles. The lowest BCUT2D eigenvalue weighted by Crippen LogP contribution is -1.98. The van der Waals surface area contributed by atoms with Crippen LogP contribution in [0.4, 0.5) is 5.69 Å². The standard InChI is InChI=1S/C14H15NO2/c1-10-5-6-12(8-14(10)17)15-9-11-3-2-4-13(16)7-11/h2-8,15-17H,9H2,1H3. The SMILES string of the molecule is Cc1ccc(NCc2cccc(O)c2)cc1O. The van der Waals surface area contributed by atoms with Crippen molar-refractivity contribution >= 4 is 5.69 Å². The monoisotopic (exact) mass is 229 g/mol. The first-order chi connectivity index (χ1) is 8.15. The number of hydrogen-bond acceptors (Lipinski definition) is 3. The summed E-state index contributed by atoms with van der Waals surface area (Å²) >= 11 is 0. The van der Waals surface area contributed by atoms with E-state index in [4.69, 9.17) is 0 Å². The van der Waals surface area contributed by atoms with E-state index in [1.54, 1.807) is 24.3 Å². The summed E-state index contributed by atoms with van der Waals surface area (Å²) in [4.78, 5) is 0. The summed E-state index contributed by atoms with van der Waals surface area (Å²) in [6.07, 6.45) is 0. The molecule has 3 N–H and O–H groups in total. The number of aryl methyl sites for hydroxylation is 1. The van der Waals surface area contributed by atoms with Crippen LogP contribution in [0.2, 0.25) is 0 Å². The van der Waals surface area contributed by atoms with Gasteiger partial charge in [-0.2, -0.15) is 0 Å². The molecule has 0 bridgehead atoms. The quantitative estimate of drug-likeness (QED) is 0.758. The van der Waals surface area contributed by atoms with E-state index in [1.807, 2.05) is 25.1 Å². The van der Waals surface area contributed by atoms with Gasteiger partial charge in [0.05, 0.1) is 0 Å². The van der Waals surface area contributed by atoms with Crippen LogP contribution in [0.1, 0.15) is 11.1 Å². The number of benzene rings is 2. The third-order valence-corrected chi connectivity index (χ3v) is 2.62. The molecule has 0 saturated carbocycles. The first-order valence-corrected chi connectivity index (χ1v) is 5.46. The summed E-state index contributed by atoms with van der Waals surface area (Å²) in [6, 6.07) is 12.6. The molecule has 0 heterocycles. The van der Waals surface area contributed by atoms with Crippen LogP contribution in [-0.4, -0.2) is 10.2 Å². The van der Waals surface area contributed by atoms with E-state index in [2.05, 4.69) is 5.32 Å². The minimum atomic E-state index is 0.260. The highest BCUT2D eigenvalue weighted by molar-refractivity contribution is 5.51. The minimum Gasteiger partial charge on any atom is -0.508 e. The van der Waals surface area contributed by atoms with E-state index in [1.165, 1.54) is 0 Å². The molecule has 2 aromatic carbocycles. The van der Waals surface area contributed by atoms with Crippen molar-refractivity contribution in [3.8, 4) is 11.5 Å². The Hall–Kier alpha value is -2.16. The molecular weight excluding hydrogens is 214 g/mol. The van der Waals surface area contributed by atoms with E-state index < -0.39 is 0 Å². The lowest BCUT2D eigenvalue weighted by atomic mass is 10.2. The number of nitrogens with one attached hydrogen (secondary N) is 1. The highest BCUT2D eigenvalue weighted by Gasteiger charge is 1.99. The number of rotatable bonds is 3. The molecule has 0 saturated heterocycles. The van der Waals surface area contributed by atoms with Crippen LogP contribution in [0.5, 0.6) is 11.5 Å². The summed E-state index contributed by atoms with van der Waals surface area (Å²) in [5.74, 6) is 0.543. The van der Waals surface area contributed by atoms with Gasteiger partial charge in [0.1, 0.15) is 11.5 Å². The fourth-order valence-electron chi connectivity index (χ4n) is 1.59. The molecule has 0 aliphatic rings. The maximum Gasteiger partial charge on any atom is 0.120 e. The molecule has 88 valence electrons. The second-order valence-corrected chi connectivity index (χ2v) is 4.02. The van der Waals surface area contributed by atoms with Gasteiger partial charge in [-0.1, -0.05) is 18.2 Å². The van der Waals surface area contributed by atoms with Crippen LogP contribution in [0.25, 0.3) is 0 Å². The van der Waals surface area contributed by atoms with Crippen LogP contribution >= 0.6 is 0 Å². The molecule has 0 amide bonds. The Bertz CT molecular complexity index is 523. The summed E-state index contributed by atoms with van der Waals surface area (Å²) in [6.45, 7) is 2.46. The fraction of sp³-hybridized carbons (Fsp3) is 0.143. The first kappa shape index (κ1) is 11.3. The van der Waals surface area contributed by atoms with Crippen LogP contribution in [0.3, 0.4) is 0 Å². The van der Waals surface area contributed by atoms with Gasteiger partial charge < -0.3 is 15.5 Å². The van der Waals surface area contributed by atoms with Crippen molar-refractivity contribution in [1.82, 2.24) is 0 Å². The van der Waals surface area contributed by atoms with E-state index in [0.717, 1.165) is 16.8 Å². The molecule has 0 atom stereocenters. The number of anilines is 1. The average Bonchev–Trinajstić information content (AvgIpc) is 2.31. The zero-order valence-corrected chi connectivity index (χ0v) is 9.64. The van der Waals surface area contributed by atoms with Crippen molar-refractivity contribution in [1.29, 1.82) is 0 Å². The van der Waals surface area contributed by atoms with Crippen molar-refractivity contribution < 1.29 is 10.2 Å². The topological polar surface area (TPSA) is 52.5 Å². The van der Waals surface area contributed by atoms with Crippen molar-refractivity contribution in [2.75, 3.05) is 5.32 Å². The summed E-state index contributed by atoms with van der Waals surface area (Å²) < 4.78 is 0. The van der Waals surface area contributed by atoms with E-state index in [0.29, 0.717) is 6.54 Å². The average molecular weight is 229 g/mol. The van der Waals surface area contributed by atoms with Gasteiger partial charge in [-0.15, -0.1) is 0 Å². The van der Waals surface area contributed by atoms with Crippen molar-refractivity contribution in [3.05, 3.63) is 53.6 Å². The lowest BCUT2D eigenvalue weighted by Gasteiger charge is -2.08.